The number of fused-ring (bicyclic) bond motifs is 1. The maximum Gasteiger partial charge on any atom is 0 e. The second kappa shape index (κ2) is 7.26. The first-order valence-electron chi connectivity index (χ1n) is 6.89. The Morgan fingerprint density at radius 2 is 1.75 bits per heavy atom. The number of aryl methyl sites for hydroxylation is 2. The number of rotatable bonds is 0. The molecule has 20 heavy (non-hydrogen) atoms. The molecule has 0 fully saturated rings. The second-order valence-electron chi connectivity index (χ2n) is 5.42. The number of hydrogen-bond donors (Lipinski definition) is 0. The molecule has 2 aromatic rings. The molecule has 0 aromatic heterocycles. The van der Waals surface area contributed by atoms with E-state index in [2.05, 4.69) is 77.1 Å². The van der Waals surface area contributed by atoms with Gasteiger partial charge < -0.3 is 0 Å². The molecule has 104 valence electrons. The summed E-state index contributed by atoms with van der Waals surface area (Å²) in [6.45, 7) is 10.8. The Hall–Kier alpha value is -0.820. The van der Waals surface area contributed by atoms with Gasteiger partial charge in [-0.1, -0.05) is 58.7 Å². The molecule has 0 saturated carbocycles. The Morgan fingerprint density at radius 1 is 1.10 bits per heavy atom. The summed E-state index contributed by atoms with van der Waals surface area (Å²) in [6.07, 6.45) is 5.33. The van der Waals surface area contributed by atoms with Gasteiger partial charge in [-0.05, 0) is 0 Å². The van der Waals surface area contributed by atoms with E-state index < -0.39 is 0 Å². The molecular formula is C19H22Hf-2. The molecule has 2 aromatic carbocycles. The van der Waals surface area contributed by atoms with Gasteiger partial charge in [0, 0.05) is 25.8 Å². The SMILES string of the molecule is CC1[C-]=Cc2ccccc21.Cc1c[c-](C)c(C)c1C.[Hf]. The molecule has 0 bridgehead atoms. The minimum atomic E-state index is 0. The van der Waals surface area contributed by atoms with Crippen molar-refractivity contribution in [3.8, 4) is 0 Å². The minimum Gasteiger partial charge on any atom is -0.269 e. The van der Waals surface area contributed by atoms with E-state index in [9.17, 15) is 0 Å². The Labute approximate surface area is 142 Å². The quantitative estimate of drug-likeness (QED) is 0.397. The van der Waals surface area contributed by atoms with Gasteiger partial charge in [-0.2, -0.15) is 33.9 Å². The summed E-state index contributed by atoms with van der Waals surface area (Å²) in [5.41, 5.74) is 8.48. The zero-order valence-corrected chi connectivity index (χ0v) is 16.6. The van der Waals surface area contributed by atoms with Gasteiger partial charge in [0.2, 0.25) is 0 Å². The molecule has 1 atom stereocenters. The van der Waals surface area contributed by atoms with Crippen molar-refractivity contribution in [2.24, 2.45) is 0 Å². The van der Waals surface area contributed by atoms with Crippen molar-refractivity contribution in [1.29, 1.82) is 0 Å². The number of benzene rings is 1. The molecule has 0 radical (unpaired) electrons. The third-order valence-corrected chi connectivity index (χ3v) is 4.13. The van der Waals surface area contributed by atoms with Crippen LogP contribution in [0.2, 0.25) is 0 Å². The van der Waals surface area contributed by atoms with E-state index in [1.54, 1.807) is 0 Å². The maximum absolute atomic E-state index is 3.26. The summed E-state index contributed by atoms with van der Waals surface area (Å²) in [6, 6.07) is 10.7. The summed E-state index contributed by atoms with van der Waals surface area (Å²) in [7, 11) is 0. The predicted octanol–water partition coefficient (Wildman–Crippen LogP) is 5.26. The molecule has 3 rings (SSSR count). The van der Waals surface area contributed by atoms with Crippen LogP contribution in [0.1, 0.15) is 46.2 Å². The van der Waals surface area contributed by atoms with Crippen molar-refractivity contribution >= 4 is 6.08 Å². The van der Waals surface area contributed by atoms with Crippen molar-refractivity contribution in [2.75, 3.05) is 0 Å². The van der Waals surface area contributed by atoms with Crippen LogP contribution in [0.4, 0.5) is 0 Å². The summed E-state index contributed by atoms with van der Waals surface area (Å²) < 4.78 is 0. The summed E-state index contributed by atoms with van der Waals surface area (Å²) in [5, 5.41) is 0. The summed E-state index contributed by atoms with van der Waals surface area (Å²) in [4.78, 5) is 0. The molecule has 1 aliphatic carbocycles. The maximum atomic E-state index is 3.26. The predicted molar refractivity (Wildman–Crippen MR) is 83.5 cm³/mol. The van der Waals surface area contributed by atoms with Crippen molar-refractivity contribution in [3.05, 3.63) is 69.8 Å². The van der Waals surface area contributed by atoms with Gasteiger partial charge >= 0.3 is 0 Å². The van der Waals surface area contributed by atoms with E-state index in [0.717, 1.165) is 0 Å². The van der Waals surface area contributed by atoms with Gasteiger partial charge in [0.15, 0.2) is 0 Å². The van der Waals surface area contributed by atoms with Gasteiger partial charge in [-0.25, -0.2) is 6.08 Å². The van der Waals surface area contributed by atoms with Crippen LogP contribution in [0.25, 0.3) is 6.08 Å². The Balaban J connectivity index is 0.000000192. The van der Waals surface area contributed by atoms with Crippen LogP contribution in [0, 0.1) is 33.8 Å². The van der Waals surface area contributed by atoms with Gasteiger partial charge in [0.1, 0.15) is 0 Å². The molecule has 0 N–H and O–H groups in total. The standard InChI is InChI=1S/C10H9.C9H13.Hf/c1-8-6-7-9-4-2-3-5-10(8)9;1-6-5-7(2)9(4)8(6)3;/h2-5,7-8H,1H3;5H,1-4H3;/q2*-1;. The molecule has 0 heterocycles. The average molecular weight is 429 g/mol. The third kappa shape index (κ3) is 3.63. The molecule has 0 amide bonds. The second-order valence-corrected chi connectivity index (χ2v) is 5.42. The molecule has 0 spiro atoms. The number of allylic oxidation sites excluding steroid dienone is 1. The first-order valence-corrected chi connectivity index (χ1v) is 6.89. The summed E-state index contributed by atoms with van der Waals surface area (Å²) in [5.74, 6) is 0.496. The first-order chi connectivity index (χ1) is 9.00. The van der Waals surface area contributed by atoms with Crippen LogP contribution >= 0.6 is 0 Å². The van der Waals surface area contributed by atoms with Gasteiger partial charge in [0.25, 0.3) is 0 Å². The van der Waals surface area contributed by atoms with Crippen molar-refractivity contribution < 1.29 is 25.8 Å². The van der Waals surface area contributed by atoms with Gasteiger partial charge in [-0.3, -0.25) is 6.08 Å². The van der Waals surface area contributed by atoms with Crippen LogP contribution in [-0.4, -0.2) is 0 Å². The van der Waals surface area contributed by atoms with E-state index in [1.165, 1.54) is 33.4 Å². The first kappa shape index (κ1) is 17.2. The van der Waals surface area contributed by atoms with Crippen molar-refractivity contribution in [2.45, 2.75) is 40.5 Å². The van der Waals surface area contributed by atoms with Crippen LogP contribution < -0.4 is 0 Å². The Morgan fingerprint density at radius 3 is 2.20 bits per heavy atom. The third-order valence-electron chi connectivity index (χ3n) is 4.13. The molecular weight excluding hydrogens is 407 g/mol. The number of hydrogen-bond acceptors (Lipinski definition) is 0. The van der Waals surface area contributed by atoms with E-state index in [4.69, 9.17) is 0 Å². The Kier molecular flexibility index (Phi) is 6.26. The normalized spacial score (nSPS) is 15.2. The molecule has 0 saturated heterocycles. The van der Waals surface area contributed by atoms with E-state index in [0.29, 0.717) is 5.92 Å². The van der Waals surface area contributed by atoms with Crippen LogP contribution in [0.3, 0.4) is 0 Å². The molecule has 0 nitrogen and oxygen atoms in total. The fourth-order valence-corrected chi connectivity index (χ4v) is 2.47. The van der Waals surface area contributed by atoms with Crippen LogP contribution in [0.5, 0.6) is 0 Å². The van der Waals surface area contributed by atoms with Crippen LogP contribution in [0.15, 0.2) is 30.3 Å². The van der Waals surface area contributed by atoms with Gasteiger partial charge in [0.05, 0.1) is 0 Å². The molecule has 1 aliphatic rings. The van der Waals surface area contributed by atoms with Crippen molar-refractivity contribution in [3.63, 3.8) is 0 Å². The fourth-order valence-electron chi connectivity index (χ4n) is 2.47. The molecule has 1 unspecified atom stereocenters. The van der Waals surface area contributed by atoms with E-state index in [1.807, 2.05) is 0 Å². The van der Waals surface area contributed by atoms with Crippen LogP contribution in [-0.2, 0) is 25.8 Å². The largest absolute Gasteiger partial charge is 0.269 e. The van der Waals surface area contributed by atoms with E-state index in [-0.39, 0.29) is 25.8 Å². The van der Waals surface area contributed by atoms with Gasteiger partial charge in [-0.15, -0.1) is 11.6 Å². The summed E-state index contributed by atoms with van der Waals surface area (Å²) >= 11 is 0. The fraction of sp³-hybridized carbons (Fsp3) is 0.316. The Bertz CT molecular complexity index is 580. The minimum absolute atomic E-state index is 0. The molecule has 1 heteroatoms. The smallest absolute Gasteiger partial charge is 0 e. The zero-order valence-electron chi connectivity index (χ0n) is 13.0. The molecule has 0 aliphatic heterocycles. The van der Waals surface area contributed by atoms with E-state index >= 15 is 0 Å². The topological polar surface area (TPSA) is 0 Å². The van der Waals surface area contributed by atoms with Crippen molar-refractivity contribution in [1.82, 2.24) is 0 Å². The average Bonchev–Trinajstić information content (AvgIpc) is 2.88. The monoisotopic (exact) mass is 430 g/mol. The zero-order chi connectivity index (χ0) is 14.0.